The zero-order chi connectivity index (χ0) is 14.3. The fourth-order valence-electron chi connectivity index (χ4n) is 3.07. The average molecular weight is 335 g/mol. The van der Waals surface area contributed by atoms with Gasteiger partial charge in [0.2, 0.25) is 0 Å². The van der Waals surface area contributed by atoms with Gasteiger partial charge >= 0.3 is 0 Å². The minimum atomic E-state index is 0.911. The predicted octanol–water partition coefficient (Wildman–Crippen LogP) is 4.27. The van der Waals surface area contributed by atoms with Gasteiger partial charge in [0.15, 0.2) is 0 Å². The lowest BCUT2D eigenvalue weighted by molar-refractivity contribution is 0.415. The molecule has 1 aromatic carbocycles. The molecule has 0 radical (unpaired) electrons. The van der Waals surface area contributed by atoms with Crippen LogP contribution in [0.1, 0.15) is 29.7 Å². The molecule has 1 aliphatic heterocycles. The lowest BCUT2D eigenvalue weighted by atomic mass is 10.0. The van der Waals surface area contributed by atoms with Gasteiger partial charge in [-0.25, -0.2) is 4.98 Å². The Labute approximate surface area is 128 Å². The summed E-state index contributed by atoms with van der Waals surface area (Å²) in [6.45, 7) is 5.26. The summed E-state index contributed by atoms with van der Waals surface area (Å²) in [7, 11) is 1.73. The standard InChI is InChI=1S/C16H19BrN2O/c1-10-8-11(2)14(13(9-10)20-3)16-18-15(17)12-6-4-5-7-19(12)16/h8-9H,4-7H2,1-3H3. The summed E-state index contributed by atoms with van der Waals surface area (Å²) in [6.07, 6.45) is 3.56. The van der Waals surface area contributed by atoms with Crippen molar-refractivity contribution in [3.63, 3.8) is 0 Å². The summed E-state index contributed by atoms with van der Waals surface area (Å²) in [5, 5.41) is 0. The summed E-state index contributed by atoms with van der Waals surface area (Å²) in [6, 6.07) is 4.27. The molecule has 0 aliphatic carbocycles. The van der Waals surface area contributed by atoms with Crippen LogP contribution in [0.5, 0.6) is 5.75 Å². The topological polar surface area (TPSA) is 27.1 Å². The van der Waals surface area contributed by atoms with Crippen LogP contribution in [0.25, 0.3) is 11.4 Å². The van der Waals surface area contributed by atoms with Crippen LogP contribution in [-0.4, -0.2) is 16.7 Å². The highest BCUT2D eigenvalue weighted by atomic mass is 79.9. The summed E-state index contributed by atoms with van der Waals surface area (Å²) >= 11 is 3.61. The zero-order valence-electron chi connectivity index (χ0n) is 12.2. The predicted molar refractivity (Wildman–Crippen MR) is 84.3 cm³/mol. The van der Waals surface area contributed by atoms with Gasteiger partial charge in [-0.1, -0.05) is 6.07 Å². The second kappa shape index (κ2) is 5.24. The second-order valence-corrected chi connectivity index (χ2v) is 6.19. The number of rotatable bonds is 2. The third-order valence-electron chi connectivity index (χ3n) is 3.96. The van der Waals surface area contributed by atoms with E-state index >= 15 is 0 Å². The van der Waals surface area contributed by atoms with Gasteiger partial charge in [-0.2, -0.15) is 0 Å². The van der Waals surface area contributed by atoms with Crippen molar-refractivity contribution in [1.82, 2.24) is 9.55 Å². The Bertz CT molecular complexity index is 661. The number of fused-ring (bicyclic) bond motifs is 1. The molecule has 0 atom stereocenters. The molecule has 2 aromatic rings. The molecule has 3 rings (SSSR count). The summed E-state index contributed by atoms with van der Waals surface area (Å²) in [5.74, 6) is 1.94. The average Bonchev–Trinajstić information content (AvgIpc) is 2.75. The van der Waals surface area contributed by atoms with Crippen molar-refractivity contribution in [1.29, 1.82) is 0 Å². The highest BCUT2D eigenvalue weighted by Gasteiger charge is 2.23. The van der Waals surface area contributed by atoms with Gasteiger partial charge in [-0.15, -0.1) is 0 Å². The van der Waals surface area contributed by atoms with E-state index in [0.717, 1.165) is 34.7 Å². The fourth-order valence-corrected chi connectivity index (χ4v) is 3.65. The summed E-state index contributed by atoms with van der Waals surface area (Å²) in [4.78, 5) is 4.76. The maximum Gasteiger partial charge on any atom is 0.145 e. The van der Waals surface area contributed by atoms with Crippen LogP contribution in [0.4, 0.5) is 0 Å². The maximum absolute atomic E-state index is 5.59. The fraction of sp³-hybridized carbons (Fsp3) is 0.438. The van der Waals surface area contributed by atoms with E-state index in [4.69, 9.17) is 9.72 Å². The minimum absolute atomic E-state index is 0.911. The maximum atomic E-state index is 5.59. The lowest BCUT2D eigenvalue weighted by Gasteiger charge is -2.19. The second-order valence-electron chi connectivity index (χ2n) is 5.44. The van der Waals surface area contributed by atoms with Crippen molar-refractivity contribution in [2.75, 3.05) is 7.11 Å². The number of benzene rings is 1. The SMILES string of the molecule is COc1cc(C)cc(C)c1-c1nc(Br)c2n1CCCC2. The van der Waals surface area contributed by atoms with Crippen LogP contribution >= 0.6 is 15.9 Å². The summed E-state index contributed by atoms with van der Waals surface area (Å²) < 4.78 is 8.91. The third-order valence-corrected chi connectivity index (χ3v) is 4.59. The molecule has 0 fully saturated rings. The molecule has 106 valence electrons. The molecule has 0 N–H and O–H groups in total. The number of methoxy groups -OCH3 is 1. The van der Waals surface area contributed by atoms with Crippen LogP contribution in [0.3, 0.4) is 0 Å². The molecule has 0 saturated carbocycles. The van der Waals surface area contributed by atoms with E-state index in [2.05, 4.69) is 46.5 Å². The number of imidazole rings is 1. The van der Waals surface area contributed by atoms with Crippen LogP contribution in [0.2, 0.25) is 0 Å². The van der Waals surface area contributed by atoms with Crippen molar-refractivity contribution >= 4 is 15.9 Å². The first kappa shape index (κ1) is 13.7. The Morgan fingerprint density at radius 2 is 2.05 bits per heavy atom. The molecule has 0 saturated heterocycles. The van der Waals surface area contributed by atoms with Crippen LogP contribution in [0.15, 0.2) is 16.7 Å². The molecule has 4 heteroatoms. The first-order valence-corrected chi connectivity index (χ1v) is 7.81. The molecular weight excluding hydrogens is 316 g/mol. The number of aryl methyl sites for hydroxylation is 2. The minimum Gasteiger partial charge on any atom is -0.496 e. The molecule has 2 heterocycles. The number of halogens is 1. The highest BCUT2D eigenvalue weighted by molar-refractivity contribution is 9.10. The van der Waals surface area contributed by atoms with E-state index in [1.54, 1.807) is 7.11 Å². The molecule has 1 aliphatic rings. The Morgan fingerprint density at radius 3 is 2.80 bits per heavy atom. The first-order valence-electron chi connectivity index (χ1n) is 7.02. The monoisotopic (exact) mass is 334 g/mol. The van der Waals surface area contributed by atoms with E-state index in [0.29, 0.717) is 0 Å². The van der Waals surface area contributed by atoms with Gasteiger partial charge in [0.25, 0.3) is 0 Å². The van der Waals surface area contributed by atoms with E-state index < -0.39 is 0 Å². The molecule has 0 spiro atoms. The van der Waals surface area contributed by atoms with Crippen molar-refractivity contribution in [2.45, 2.75) is 39.7 Å². The number of hydrogen-bond donors (Lipinski definition) is 0. The molecule has 0 bridgehead atoms. The van der Waals surface area contributed by atoms with E-state index in [1.807, 2.05) is 0 Å². The number of hydrogen-bond acceptors (Lipinski definition) is 2. The Hall–Kier alpha value is -1.29. The zero-order valence-corrected chi connectivity index (χ0v) is 13.7. The van der Waals surface area contributed by atoms with Crippen molar-refractivity contribution < 1.29 is 4.74 Å². The van der Waals surface area contributed by atoms with Gasteiger partial charge in [0.05, 0.1) is 18.4 Å². The van der Waals surface area contributed by atoms with Crippen LogP contribution in [0, 0.1) is 13.8 Å². The molecular formula is C16H19BrN2O. The lowest BCUT2D eigenvalue weighted by Crippen LogP contribution is -2.11. The first-order chi connectivity index (χ1) is 9.61. The number of nitrogens with zero attached hydrogens (tertiary/aromatic N) is 2. The van der Waals surface area contributed by atoms with Crippen molar-refractivity contribution in [3.8, 4) is 17.1 Å². The van der Waals surface area contributed by atoms with Gasteiger partial charge in [0.1, 0.15) is 16.2 Å². The van der Waals surface area contributed by atoms with Gasteiger partial charge in [-0.3, -0.25) is 0 Å². The number of aromatic nitrogens is 2. The summed E-state index contributed by atoms with van der Waals surface area (Å²) in [5.41, 5.74) is 4.86. The smallest absolute Gasteiger partial charge is 0.145 e. The molecule has 3 nitrogen and oxygen atoms in total. The third kappa shape index (κ3) is 2.16. The van der Waals surface area contributed by atoms with E-state index in [9.17, 15) is 0 Å². The number of ether oxygens (including phenoxy) is 1. The van der Waals surface area contributed by atoms with Gasteiger partial charge in [-0.05, 0) is 66.2 Å². The van der Waals surface area contributed by atoms with Crippen molar-refractivity contribution in [2.24, 2.45) is 0 Å². The molecule has 1 aromatic heterocycles. The van der Waals surface area contributed by atoms with E-state index in [-0.39, 0.29) is 0 Å². The highest BCUT2D eigenvalue weighted by Crippen LogP contribution is 2.37. The molecule has 0 amide bonds. The molecule has 20 heavy (non-hydrogen) atoms. The Balaban J connectivity index is 2.24. The Kier molecular flexibility index (Phi) is 3.59. The van der Waals surface area contributed by atoms with Crippen molar-refractivity contribution in [3.05, 3.63) is 33.6 Å². The molecule has 0 unspecified atom stereocenters. The largest absolute Gasteiger partial charge is 0.496 e. The normalized spacial score (nSPS) is 14.2. The van der Waals surface area contributed by atoms with Crippen LogP contribution < -0.4 is 4.74 Å². The van der Waals surface area contributed by atoms with Gasteiger partial charge < -0.3 is 9.30 Å². The van der Waals surface area contributed by atoms with E-state index in [1.165, 1.54) is 29.7 Å². The Morgan fingerprint density at radius 1 is 1.25 bits per heavy atom. The van der Waals surface area contributed by atoms with Crippen LogP contribution in [-0.2, 0) is 13.0 Å². The quantitative estimate of drug-likeness (QED) is 0.819. The van der Waals surface area contributed by atoms with Gasteiger partial charge in [0, 0.05) is 6.54 Å².